The van der Waals surface area contributed by atoms with Crippen molar-refractivity contribution in [3.63, 3.8) is 0 Å². The molecule has 3 heterocycles. The highest BCUT2D eigenvalue weighted by Crippen LogP contribution is 2.26. The van der Waals surface area contributed by atoms with Crippen LogP contribution in [0.15, 0.2) is 46.2 Å². The molecule has 4 aromatic rings. The second-order valence-electron chi connectivity index (χ2n) is 7.81. The Balaban J connectivity index is 1.32. The molecule has 11 heteroatoms. The maximum absolute atomic E-state index is 12.6. The fourth-order valence-electron chi connectivity index (χ4n) is 4.08. The molecule has 0 fully saturated rings. The van der Waals surface area contributed by atoms with Gasteiger partial charge in [0.1, 0.15) is 22.8 Å². The Morgan fingerprint density at radius 1 is 1.15 bits per heavy atom. The second-order valence-corrected chi connectivity index (χ2v) is 7.81. The van der Waals surface area contributed by atoms with Crippen LogP contribution in [0.2, 0.25) is 0 Å². The number of carbonyl (C=O) groups is 2. The molecule has 1 aliphatic heterocycles. The van der Waals surface area contributed by atoms with E-state index in [4.69, 9.17) is 5.73 Å². The van der Waals surface area contributed by atoms with Gasteiger partial charge in [0.2, 0.25) is 5.78 Å². The van der Waals surface area contributed by atoms with Crippen LogP contribution in [-0.2, 0) is 19.5 Å². The number of nitrogen functional groups attached to an aromatic ring is 1. The summed E-state index contributed by atoms with van der Waals surface area (Å²) in [5.41, 5.74) is 7.55. The van der Waals surface area contributed by atoms with Crippen LogP contribution in [0.25, 0.3) is 5.78 Å². The van der Waals surface area contributed by atoms with Crippen molar-refractivity contribution in [2.75, 3.05) is 17.2 Å². The first-order valence-electron chi connectivity index (χ1n) is 10.1. The Kier molecular flexibility index (Phi) is 4.66. The largest absolute Gasteiger partial charge is 0.477 e. The van der Waals surface area contributed by atoms with Gasteiger partial charge in [-0.15, -0.1) is 0 Å². The molecule has 0 spiro atoms. The molecule has 0 unspecified atom stereocenters. The molecular weight excluding hydrogens is 428 g/mol. The number of amides is 1. The number of nitrogens with zero attached hydrogens (tertiary/aromatic N) is 4. The number of rotatable bonds is 5. The molecule has 1 amide bonds. The highest BCUT2D eigenvalue weighted by atomic mass is 16.4. The lowest BCUT2D eigenvalue weighted by molar-refractivity contribution is 0.0688. The van der Waals surface area contributed by atoms with E-state index in [1.165, 1.54) is 22.9 Å². The van der Waals surface area contributed by atoms with Crippen molar-refractivity contribution >= 4 is 29.0 Å². The number of carbonyl (C=O) groups excluding carboxylic acids is 1. The van der Waals surface area contributed by atoms with Gasteiger partial charge in [-0.2, -0.15) is 0 Å². The van der Waals surface area contributed by atoms with Crippen molar-refractivity contribution in [3.05, 3.63) is 85.2 Å². The third-order valence-electron chi connectivity index (χ3n) is 5.80. The molecular formula is C22H18N6O5. The molecule has 33 heavy (non-hydrogen) atoms. The van der Waals surface area contributed by atoms with Gasteiger partial charge >= 0.3 is 5.97 Å². The lowest BCUT2D eigenvalue weighted by atomic mass is 9.96. The second kappa shape index (κ2) is 7.55. The fourth-order valence-corrected chi connectivity index (χ4v) is 4.08. The standard InChI is InChI=1S/C22H18N6O5/c23-16-17(19(30)18(16)29)27-5-3-12-2-1-11(7-13(12)10-27)9-25-20(31)14-8-15(21(32)33)28-6-4-24-22(28)26-14/h1-2,4,6-8H,3,5,9-10,23H2,(H,25,31)(H,32,33). The third kappa shape index (κ3) is 3.39. The molecule has 0 atom stereocenters. The SMILES string of the molecule is Nc1c(N2CCc3ccc(CNC(=O)c4cc(C(=O)O)n5ccnc5n4)cc3C2)c(=O)c1=O. The van der Waals surface area contributed by atoms with Gasteiger partial charge in [0.25, 0.3) is 16.8 Å². The van der Waals surface area contributed by atoms with Gasteiger partial charge in [0.05, 0.1) is 0 Å². The molecule has 0 bridgehead atoms. The first kappa shape index (κ1) is 20.4. The molecule has 0 aliphatic carbocycles. The number of nitrogens with two attached hydrogens (primary N) is 1. The summed E-state index contributed by atoms with van der Waals surface area (Å²) in [6.07, 6.45) is 3.57. The Morgan fingerprint density at radius 3 is 2.73 bits per heavy atom. The zero-order valence-electron chi connectivity index (χ0n) is 17.2. The lowest BCUT2D eigenvalue weighted by Gasteiger charge is -2.32. The quantitative estimate of drug-likeness (QED) is 0.361. The normalized spacial score (nSPS) is 13.3. The van der Waals surface area contributed by atoms with Crippen molar-refractivity contribution in [2.45, 2.75) is 19.5 Å². The number of aromatic carboxylic acids is 1. The minimum Gasteiger partial charge on any atom is -0.477 e. The van der Waals surface area contributed by atoms with Crippen LogP contribution in [0.1, 0.15) is 37.7 Å². The van der Waals surface area contributed by atoms with E-state index in [0.29, 0.717) is 19.5 Å². The Labute approximate surface area is 185 Å². The number of anilines is 2. The van der Waals surface area contributed by atoms with Crippen molar-refractivity contribution in [1.82, 2.24) is 19.7 Å². The zero-order valence-corrected chi connectivity index (χ0v) is 17.2. The summed E-state index contributed by atoms with van der Waals surface area (Å²) in [6.45, 7) is 1.22. The smallest absolute Gasteiger partial charge is 0.353 e. The van der Waals surface area contributed by atoms with E-state index >= 15 is 0 Å². The summed E-state index contributed by atoms with van der Waals surface area (Å²) in [6, 6.07) is 6.99. The van der Waals surface area contributed by atoms with Crippen LogP contribution >= 0.6 is 0 Å². The van der Waals surface area contributed by atoms with E-state index in [0.717, 1.165) is 16.7 Å². The third-order valence-corrected chi connectivity index (χ3v) is 5.80. The summed E-state index contributed by atoms with van der Waals surface area (Å²) in [4.78, 5) is 57.3. The number of carboxylic acids is 1. The minimum atomic E-state index is -1.20. The molecule has 0 radical (unpaired) electrons. The van der Waals surface area contributed by atoms with Crippen LogP contribution in [0.3, 0.4) is 0 Å². The predicted molar refractivity (Wildman–Crippen MR) is 118 cm³/mol. The van der Waals surface area contributed by atoms with Crippen molar-refractivity contribution in [3.8, 4) is 0 Å². The topological polar surface area (TPSA) is 160 Å². The maximum atomic E-state index is 12.6. The van der Waals surface area contributed by atoms with Gasteiger partial charge in [-0.3, -0.25) is 18.8 Å². The van der Waals surface area contributed by atoms with E-state index in [2.05, 4.69) is 15.3 Å². The highest BCUT2D eigenvalue weighted by molar-refractivity contribution is 5.95. The van der Waals surface area contributed by atoms with Crippen molar-refractivity contribution in [1.29, 1.82) is 0 Å². The number of aromatic nitrogens is 3. The van der Waals surface area contributed by atoms with Crippen molar-refractivity contribution < 1.29 is 14.7 Å². The number of nitrogens with one attached hydrogen (secondary N) is 1. The number of imidazole rings is 1. The Bertz CT molecular complexity index is 1510. The number of hydrogen-bond donors (Lipinski definition) is 3. The minimum absolute atomic E-state index is 0.00884. The first-order chi connectivity index (χ1) is 15.8. The fraction of sp³-hybridized carbons (Fsp3) is 0.182. The summed E-state index contributed by atoms with van der Waals surface area (Å²) in [5, 5.41) is 12.1. The molecule has 2 aromatic heterocycles. The molecule has 4 N–H and O–H groups in total. The van der Waals surface area contributed by atoms with Gasteiger partial charge < -0.3 is 21.1 Å². The Morgan fingerprint density at radius 2 is 1.97 bits per heavy atom. The monoisotopic (exact) mass is 446 g/mol. The van der Waals surface area contributed by atoms with Gasteiger partial charge in [-0.1, -0.05) is 18.2 Å². The number of carboxylic acid groups (broad SMARTS) is 1. The summed E-state index contributed by atoms with van der Waals surface area (Å²) in [7, 11) is 0. The van der Waals surface area contributed by atoms with E-state index < -0.39 is 22.7 Å². The summed E-state index contributed by atoms with van der Waals surface area (Å²) in [5.74, 6) is -1.61. The molecule has 5 rings (SSSR count). The summed E-state index contributed by atoms with van der Waals surface area (Å²) >= 11 is 0. The van der Waals surface area contributed by atoms with Crippen LogP contribution in [-0.4, -0.2) is 37.9 Å². The lowest BCUT2D eigenvalue weighted by Crippen LogP contribution is -2.44. The molecule has 2 aromatic carbocycles. The first-order valence-corrected chi connectivity index (χ1v) is 10.1. The van der Waals surface area contributed by atoms with Crippen LogP contribution in [0.4, 0.5) is 11.4 Å². The number of benzene rings is 1. The maximum Gasteiger partial charge on any atom is 0.353 e. The average Bonchev–Trinajstić information content (AvgIpc) is 3.30. The molecule has 1 aliphatic rings. The van der Waals surface area contributed by atoms with Crippen molar-refractivity contribution in [2.24, 2.45) is 0 Å². The molecule has 0 saturated carbocycles. The highest BCUT2D eigenvalue weighted by Gasteiger charge is 2.27. The Hall–Kier alpha value is -4.54. The average molecular weight is 446 g/mol. The van der Waals surface area contributed by atoms with Gasteiger partial charge in [0.15, 0.2) is 0 Å². The van der Waals surface area contributed by atoms with Crippen LogP contribution in [0, 0.1) is 0 Å². The van der Waals surface area contributed by atoms with Gasteiger partial charge in [-0.25, -0.2) is 14.8 Å². The van der Waals surface area contributed by atoms with E-state index in [-0.39, 0.29) is 35.1 Å². The van der Waals surface area contributed by atoms with Crippen LogP contribution in [0.5, 0.6) is 0 Å². The van der Waals surface area contributed by atoms with E-state index in [9.17, 15) is 24.3 Å². The van der Waals surface area contributed by atoms with Gasteiger partial charge in [0, 0.05) is 38.1 Å². The molecule has 0 saturated heterocycles. The van der Waals surface area contributed by atoms with Crippen LogP contribution < -0.4 is 26.8 Å². The molecule has 11 nitrogen and oxygen atoms in total. The summed E-state index contributed by atoms with van der Waals surface area (Å²) < 4.78 is 1.29. The van der Waals surface area contributed by atoms with E-state index in [1.54, 1.807) is 4.90 Å². The van der Waals surface area contributed by atoms with E-state index in [1.807, 2.05) is 18.2 Å². The predicted octanol–water partition coefficient (Wildman–Crippen LogP) is 0.0984. The molecule has 166 valence electrons. The zero-order chi connectivity index (χ0) is 23.3. The number of hydrogen-bond acceptors (Lipinski definition) is 8. The number of fused-ring (bicyclic) bond motifs is 2. The van der Waals surface area contributed by atoms with Gasteiger partial charge in [-0.05, 0) is 23.1 Å².